The van der Waals surface area contributed by atoms with Crippen LogP contribution in [-0.4, -0.2) is 36.1 Å². The average molecular weight is 331 g/mol. The van der Waals surface area contributed by atoms with Crippen LogP contribution in [0.2, 0.25) is 0 Å². The minimum absolute atomic E-state index is 0.0510. The van der Waals surface area contributed by atoms with Gasteiger partial charge in [0.2, 0.25) is 0 Å². The van der Waals surface area contributed by atoms with Gasteiger partial charge in [-0.15, -0.1) is 0 Å². The van der Waals surface area contributed by atoms with Gasteiger partial charge in [0.25, 0.3) is 0 Å². The van der Waals surface area contributed by atoms with Crippen LogP contribution < -0.4 is 0 Å². The molecule has 2 aliphatic rings. The van der Waals surface area contributed by atoms with Gasteiger partial charge in [-0.1, -0.05) is 54.6 Å². The number of hydrogen-bond acceptors (Lipinski definition) is 3. The third kappa shape index (κ3) is 3.08. The van der Waals surface area contributed by atoms with Gasteiger partial charge in [0.15, 0.2) is 11.6 Å². The van der Waals surface area contributed by atoms with E-state index >= 15 is 0 Å². The Bertz CT molecular complexity index is 802. The van der Waals surface area contributed by atoms with Crippen molar-refractivity contribution in [3.8, 4) is 0 Å². The Hall–Kier alpha value is -2.52. The second-order valence-corrected chi connectivity index (χ2v) is 6.74. The van der Waals surface area contributed by atoms with Crippen LogP contribution in [0.5, 0.6) is 0 Å². The normalized spacial score (nSPS) is 17.9. The van der Waals surface area contributed by atoms with Crippen LogP contribution >= 0.6 is 0 Å². The SMILES string of the molecule is O=C1C2=C(CCN(CCc3ccccc3)CC2)C(=O)c2ccccc21. The molecule has 2 aromatic carbocycles. The Morgan fingerprint density at radius 2 is 1.24 bits per heavy atom. The van der Waals surface area contributed by atoms with Crippen molar-refractivity contribution in [2.45, 2.75) is 19.3 Å². The number of hydrogen-bond donors (Lipinski definition) is 0. The second kappa shape index (κ2) is 6.77. The van der Waals surface area contributed by atoms with Crippen molar-refractivity contribution in [1.29, 1.82) is 0 Å². The standard InChI is InChI=1S/C22H21NO2/c24-21-17-8-4-5-9-18(17)22(25)20-12-15-23(14-11-19(20)21)13-10-16-6-2-1-3-7-16/h1-9H,10-15H2. The predicted octanol–water partition coefficient (Wildman–Crippen LogP) is 3.70. The fraction of sp³-hybridized carbons (Fsp3) is 0.273. The molecule has 0 saturated carbocycles. The van der Waals surface area contributed by atoms with E-state index in [0.717, 1.165) is 37.2 Å². The van der Waals surface area contributed by atoms with E-state index in [-0.39, 0.29) is 11.6 Å². The molecule has 0 N–H and O–H groups in total. The van der Waals surface area contributed by atoms with E-state index in [4.69, 9.17) is 0 Å². The predicted molar refractivity (Wildman–Crippen MR) is 97.9 cm³/mol. The first-order chi connectivity index (χ1) is 12.2. The highest BCUT2D eigenvalue weighted by atomic mass is 16.1. The van der Waals surface area contributed by atoms with Crippen molar-refractivity contribution in [2.75, 3.05) is 19.6 Å². The molecule has 0 saturated heterocycles. The van der Waals surface area contributed by atoms with Gasteiger partial charge in [-0.05, 0) is 24.8 Å². The van der Waals surface area contributed by atoms with E-state index in [2.05, 4.69) is 29.2 Å². The summed E-state index contributed by atoms with van der Waals surface area (Å²) in [5, 5.41) is 0. The first-order valence-electron chi connectivity index (χ1n) is 8.91. The molecule has 1 aliphatic heterocycles. The maximum Gasteiger partial charge on any atom is 0.190 e. The van der Waals surface area contributed by atoms with Crippen LogP contribution in [0.3, 0.4) is 0 Å². The minimum atomic E-state index is 0.0510. The molecule has 1 aliphatic carbocycles. The quantitative estimate of drug-likeness (QED) is 0.860. The molecule has 0 atom stereocenters. The summed E-state index contributed by atoms with van der Waals surface area (Å²) in [5.74, 6) is 0.102. The zero-order valence-electron chi connectivity index (χ0n) is 14.2. The van der Waals surface area contributed by atoms with E-state index < -0.39 is 0 Å². The van der Waals surface area contributed by atoms with E-state index in [0.29, 0.717) is 24.0 Å². The van der Waals surface area contributed by atoms with Crippen LogP contribution in [0.15, 0.2) is 65.7 Å². The molecule has 0 unspecified atom stereocenters. The second-order valence-electron chi connectivity index (χ2n) is 6.74. The smallest absolute Gasteiger partial charge is 0.190 e. The summed E-state index contributed by atoms with van der Waals surface area (Å²) in [6, 6.07) is 17.7. The number of Topliss-reactive ketones (excluding diaryl/α,β-unsaturated/α-hetero) is 2. The third-order valence-corrected chi connectivity index (χ3v) is 5.24. The molecule has 3 nitrogen and oxygen atoms in total. The molecule has 0 fully saturated rings. The van der Waals surface area contributed by atoms with Gasteiger partial charge in [0, 0.05) is 41.9 Å². The molecule has 0 spiro atoms. The van der Waals surface area contributed by atoms with Gasteiger partial charge in [0.1, 0.15) is 0 Å². The molecule has 4 rings (SSSR count). The highest BCUT2D eigenvalue weighted by molar-refractivity contribution is 6.26. The Kier molecular flexibility index (Phi) is 4.33. The summed E-state index contributed by atoms with van der Waals surface area (Å²) in [4.78, 5) is 28.0. The molecular weight excluding hydrogens is 310 g/mol. The van der Waals surface area contributed by atoms with Crippen LogP contribution in [0.25, 0.3) is 0 Å². The molecule has 126 valence electrons. The van der Waals surface area contributed by atoms with Gasteiger partial charge in [0.05, 0.1) is 0 Å². The number of carbonyl (C=O) groups excluding carboxylic acids is 2. The molecule has 0 bridgehead atoms. The van der Waals surface area contributed by atoms with Crippen molar-refractivity contribution in [3.63, 3.8) is 0 Å². The molecule has 0 aromatic heterocycles. The number of carbonyl (C=O) groups is 2. The topological polar surface area (TPSA) is 37.4 Å². The monoisotopic (exact) mass is 331 g/mol. The van der Waals surface area contributed by atoms with Gasteiger partial charge in [-0.3, -0.25) is 9.59 Å². The summed E-state index contributed by atoms with van der Waals surface area (Å²) >= 11 is 0. The average Bonchev–Trinajstić information content (AvgIpc) is 2.88. The zero-order chi connectivity index (χ0) is 17.2. The number of rotatable bonds is 3. The molecule has 25 heavy (non-hydrogen) atoms. The minimum Gasteiger partial charge on any atom is -0.302 e. The molecule has 2 aromatic rings. The molecule has 0 radical (unpaired) electrons. The number of ketones is 2. The van der Waals surface area contributed by atoms with Crippen molar-refractivity contribution in [2.24, 2.45) is 0 Å². The third-order valence-electron chi connectivity index (χ3n) is 5.24. The summed E-state index contributed by atoms with van der Waals surface area (Å²) < 4.78 is 0. The lowest BCUT2D eigenvalue weighted by Gasteiger charge is -2.19. The van der Waals surface area contributed by atoms with Crippen molar-refractivity contribution in [1.82, 2.24) is 4.90 Å². The fourth-order valence-electron chi connectivity index (χ4n) is 3.81. The van der Waals surface area contributed by atoms with E-state index in [1.807, 2.05) is 18.2 Å². The maximum absolute atomic E-state index is 12.8. The van der Waals surface area contributed by atoms with Gasteiger partial charge < -0.3 is 4.90 Å². The molecule has 0 amide bonds. The lowest BCUT2D eigenvalue weighted by molar-refractivity contribution is 0.0970. The van der Waals surface area contributed by atoms with Crippen LogP contribution in [0.1, 0.15) is 39.1 Å². The van der Waals surface area contributed by atoms with E-state index in [9.17, 15) is 9.59 Å². The molecule has 1 heterocycles. The Morgan fingerprint density at radius 3 is 1.80 bits per heavy atom. The Balaban J connectivity index is 1.49. The number of fused-ring (bicyclic) bond motifs is 1. The van der Waals surface area contributed by atoms with Gasteiger partial charge in [-0.2, -0.15) is 0 Å². The Labute approximate surface area is 148 Å². The van der Waals surface area contributed by atoms with Crippen LogP contribution in [0.4, 0.5) is 0 Å². The van der Waals surface area contributed by atoms with Crippen LogP contribution in [0, 0.1) is 0 Å². The highest BCUT2D eigenvalue weighted by Crippen LogP contribution is 2.31. The van der Waals surface area contributed by atoms with Crippen molar-refractivity contribution >= 4 is 11.6 Å². The largest absolute Gasteiger partial charge is 0.302 e. The summed E-state index contributed by atoms with van der Waals surface area (Å²) in [6.45, 7) is 2.64. The molecular formula is C22H21NO2. The summed E-state index contributed by atoms with van der Waals surface area (Å²) in [6.07, 6.45) is 2.33. The lowest BCUT2D eigenvalue weighted by atomic mass is 9.82. The highest BCUT2D eigenvalue weighted by Gasteiger charge is 2.33. The fourth-order valence-corrected chi connectivity index (χ4v) is 3.81. The first-order valence-corrected chi connectivity index (χ1v) is 8.91. The van der Waals surface area contributed by atoms with E-state index in [1.54, 1.807) is 12.1 Å². The number of nitrogens with zero attached hydrogens (tertiary/aromatic N) is 1. The Morgan fingerprint density at radius 1 is 0.720 bits per heavy atom. The zero-order valence-corrected chi connectivity index (χ0v) is 14.2. The molecule has 3 heteroatoms. The summed E-state index contributed by atoms with van der Waals surface area (Å²) in [7, 11) is 0. The lowest BCUT2D eigenvalue weighted by Crippen LogP contribution is -2.27. The summed E-state index contributed by atoms with van der Waals surface area (Å²) in [5.41, 5.74) is 3.95. The number of benzene rings is 2. The van der Waals surface area contributed by atoms with Crippen LogP contribution in [-0.2, 0) is 6.42 Å². The van der Waals surface area contributed by atoms with Crippen molar-refractivity contribution < 1.29 is 9.59 Å². The maximum atomic E-state index is 12.8. The van der Waals surface area contributed by atoms with Crippen molar-refractivity contribution in [3.05, 3.63) is 82.4 Å². The van der Waals surface area contributed by atoms with Gasteiger partial charge >= 0.3 is 0 Å². The van der Waals surface area contributed by atoms with Gasteiger partial charge in [-0.25, -0.2) is 0 Å². The first kappa shape index (κ1) is 16.0. The van der Waals surface area contributed by atoms with E-state index in [1.165, 1.54) is 5.56 Å².